The summed E-state index contributed by atoms with van der Waals surface area (Å²) < 4.78 is 11.7. The molecule has 7 heteroatoms. The van der Waals surface area contributed by atoms with Crippen LogP contribution in [0.5, 0.6) is 0 Å². The van der Waals surface area contributed by atoms with Crippen molar-refractivity contribution in [2.45, 2.75) is 51.6 Å². The molecule has 1 aliphatic rings. The van der Waals surface area contributed by atoms with Gasteiger partial charge in [-0.25, -0.2) is 15.8 Å². The van der Waals surface area contributed by atoms with E-state index in [1.807, 2.05) is 11.4 Å². The van der Waals surface area contributed by atoms with Crippen LogP contribution in [0.3, 0.4) is 0 Å². The summed E-state index contributed by atoms with van der Waals surface area (Å²) in [5, 5.41) is 2.92. The zero-order valence-electron chi connectivity index (χ0n) is 12.2. The van der Waals surface area contributed by atoms with E-state index in [-0.39, 0.29) is 18.3 Å². The minimum atomic E-state index is 0.195. The summed E-state index contributed by atoms with van der Waals surface area (Å²) >= 11 is 1.57. The van der Waals surface area contributed by atoms with E-state index in [1.54, 1.807) is 11.3 Å². The van der Waals surface area contributed by atoms with Crippen LogP contribution >= 0.6 is 11.3 Å². The first kappa shape index (κ1) is 14.6. The molecule has 0 bridgehead atoms. The normalized spacial score (nSPS) is 26.1. The third-order valence-corrected chi connectivity index (χ3v) is 4.42. The van der Waals surface area contributed by atoms with E-state index in [2.05, 4.69) is 29.2 Å². The molecule has 2 aromatic heterocycles. The molecule has 1 aliphatic heterocycles. The molecule has 2 unspecified atom stereocenters. The second kappa shape index (κ2) is 6.23. The molecule has 0 radical (unpaired) electrons. The van der Waals surface area contributed by atoms with Crippen LogP contribution in [-0.2, 0) is 16.1 Å². The molecule has 1 fully saturated rings. The lowest BCUT2D eigenvalue weighted by molar-refractivity contribution is -0.107. The molecule has 3 N–H and O–H groups in total. The minimum Gasteiger partial charge on any atom is -0.375 e. The van der Waals surface area contributed by atoms with E-state index >= 15 is 0 Å². The maximum atomic E-state index is 5.97. The lowest BCUT2D eigenvalue weighted by Crippen LogP contribution is -2.34. The van der Waals surface area contributed by atoms with Crippen LogP contribution in [0.25, 0.3) is 10.2 Å². The van der Waals surface area contributed by atoms with Crippen molar-refractivity contribution in [3.05, 3.63) is 17.3 Å². The van der Waals surface area contributed by atoms with Gasteiger partial charge >= 0.3 is 0 Å². The molecule has 3 rings (SSSR count). The van der Waals surface area contributed by atoms with E-state index in [0.29, 0.717) is 18.2 Å². The van der Waals surface area contributed by atoms with Gasteiger partial charge in [0.25, 0.3) is 0 Å². The van der Waals surface area contributed by atoms with Crippen LogP contribution in [-0.4, -0.2) is 28.3 Å². The Morgan fingerprint density at radius 3 is 2.86 bits per heavy atom. The van der Waals surface area contributed by atoms with Crippen LogP contribution < -0.4 is 11.3 Å². The number of hydrazine groups is 1. The molecule has 1 saturated heterocycles. The molecule has 0 aliphatic carbocycles. The molecule has 21 heavy (non-hydrogen) atoms. The van der Waals surface area contributed by atoms with Gasteiger partial charge in [-0.3, -0.25) is 0 Å². The fraction of sp³-hybridized carbons (Fsp3) is 0.571. The highest BCUT2D eigenvalue weighted by molar-refractivity contribution is 7.16. The van der Waals surface area contributed by atoms with Gasteiger partial charge < -0.3 is 14.9 Å². The number of rotatable bonds is 4. The smallest absolute Gasteiger partial charge is 0.158 e. The zero-order valence-corrected chi connectivity index (χ0v) is 13.0. The number of fused-ring (bicyclic) bond motifs is 1. The fourth-order valence-electron chi connectivity index (χ4n) is 2.75. The highest BCUT2D eigenvalue weighted by Gasteiger charge is 2.25. The van der Waals surface area contributed by atoms with Crippen LogP contribution in [0.2, 0.25) is 0 Å². The Balaban J connectivity index is 1.70. The summed E-state index contributed by atoms with van der Waals surface area (Å²) in [6.07, 6.45) is 2.49. The molecule has 3 heterocycles. The first-order valence-corrected chi connectivity index (χ1v) is 8.01. The largest absolute Gasteiger partial charge is 0.375 e. The standard InChI is InChI=1S/C14H20N4O2S/c1-8-5-10(6-9(2)20-8)19-7-12-16-13(18-15)11-3-4-21-14(11)17-12/h3-4,8-10H,5-7,15H2,1-2H3,(H,16,17,18). The van der Waals surface area contributed by atoms with Crippen LogP contribution in [0, 0.1) is 0 Å². The Morgan fingerprint density at radius 1 is 1.38 bits per heavy atom. The van der Waals surface area contributed by atoms with Crippen molar-refractivity contribution in [2.75, 3.05) is 5.43 Å². The van der Waals surface area contributed by atoms with Crippen LogP contribution in [0.1, 0.15) is 32.5 Å². The first-order chi connectivity index (χ1) is 10.2. The maximum absolute atomic E-state index is 5.97. The average Bonchev–Trinajstić information content (AvgIpc) is 2.91. The highest BCUT2D eigenvalue weighted by atomic mass is 32.1. The first-order valence-electron chi connectivity index (χ1n) is 7.13. The Kier molecular flexibility index (Phi) is 4.34. The summed E-state index contributed by atoms with van der Waals surface area (Å²) in [5.41, 5.74) is 2.63. The van der Waals surface area contributed by atoms with Crippen LogP contribution in [0.15, 0.2) is 11.4 Å². The van der Waals surface area contributed by atoms with Gasteiger partial charge in [0, 0.05) is 0 Å². The number of thiophene rings is 1. The van der Waals surface area contributed by atoms with Crippen molar-refractivity contribution in [3.63, 3.8) is 0 Å². The summed E-state index contributed by atoms with van der Waals surface area (Å²) in [5.74, 6) is 6.83. The van der Waals surface area contributed by atoms with E-state index in [4.69, 9.17) is 15.3 Å². The van der Waals surface area contributed by atoms with Crippen molar-refractivity contribution < 1.29 is 9.47 Å². The minimum absolute atomic E-state index is 0.195. The maximum Gasteiger partial charge on any atom is 0.158 e. The van der Waals surface area contributed by atoms with E-state index in [0.717, 1.165) is 23.1 Å². The molecule has 114 valence electrons. The molecular weight excluding hydrogens is 288 g/mol. The van der Waals surface area contributed by atoms with Gasteiger partial charge in [-0.15, -0.1) is 11.3 Å². The van der Waals surface area contributed by atoms with Gasteiger partial charge in [-0.05, 0) is 38.1 Å². The van der Waals surface area contributed by atoms with Crippen molar-refractivity contribution in [1.82, 2.24) is 9.97 Å². The Labute approximate surface area is 127 Å². The molecule has 2 aromatic rings. The summed E-state index contributed by atoms with van der Waals surface area (Å²) in [6.45, 7) is 4.56. The molecule has 0 saturated carbocycles. The summed E-state index contributed by atoms with van der Waals surface area (Å²) in [4.78, 5) is 9.86. The predicted molar refractivity (Wildman–Crippen MR) is 83.0 cm³/mol. The third-order valence-electron chi connectivity index (χ3n) is 3.61. The number of hydrogen-bond acceptors (Lipinski definition) is 7. The quantitative estimate of drug-likeness (QED) is 0.667. The number of nitrogens with zero attached hydrogens (tertiary/aromatic N) is 2. The second-order valence-corrected chi connectivity index (χ2v) is 6.33. The van der Waals surface area contributed by atoms with Crippen molar-refractivity contribution in [3.8, 4) is 0 Å². The number of anilines is 1. The molecule has 0 spiro atoms. The van der Waals surface area contributed by atoms with Gasteiger partial charge in [-0.1, -0.05) is 0 Å². The SMILES string of the molecule is CC1CC(OCc2nc(NN)c3ccsc3n2)CC(C)O1. The lowest BCUT2D eigenvalue weighted by atomic mass is 10.0. The van der Waals surface area contributed by atoms with Gasteiger partial charge in [0.2, 0.25) is 0 Å². The topological polar surface area (TPSA) is 82.3 Å². The van der Waals surface area contributed by atoms with Gasteiger partial charge in [0.05, 0.1) is 23.7 Å². The molecule has 6 nitrogen and oxygen atoms in total. The molecule has 2 atom stereocenters. The van der Waals surface area contributed by atoms with Gasteiger partial charge in [0.1, 0.15) is 11.4 Å². The fourth-order valence-corrected chi connectivity index (χ4v) is 3.53. The second-order valence-electron chi connectivity index (χ2n) is 5.43. The Morgan fingerprint density at radius 2 is 2.14 bits per heavy atom. The highest BCUT2D eigenvalue weighted by Crippen LogP contribution is 2.26. The number of ether oxygens (including phenoxy) is 2. The zero-order chi connectivity index (χ0) is 14.8. The van der Waals surface area contributed by atoms with Gasteiger partial charge in [-0.2, -0.15) is 0 Å². The summed E-state index contributed by atoms with van der Waals surface area (Å²) in [7, 11) is 0. The summed E-state index contributed by atoms with van der Waals surface area (Å²) in [6, 6.07) is 1.96. The van der Waals surface area contributed by atoms with E-state index in [9.17, 15) is 0 Å². The Hall–Kier alpha value is -1.28. The number of hydrogen-bond donors (Lipinski definition) is 2. The molecule has 0 amide bonds. The Bertz CT molecular complexity index is 608. The van der Waals surface area contributed by atoms with Crippen molar-refractivity contribution >= 4 is 27.4 Å². The van der Waals surface area contributed by atoms with Crippen LogP contribution in [0.4, 0.5) is 5.82 Å². The van der Waals surface area contributed by atoms with E-state index < -0.39 is 0 Å². The van der Waals surface area contributed by atoms with E-state index in [1.165, 1.54) is 0 Å². The third kappa shape index (κ3) is 3.32. The monoisotopic (exact) mass is 308 g/mol. The number of nitrogens with two attached hydrogens (primary N) is 1. The number of nitrogen functional groups attached to an aromatic ring is 1. The van der Waals surface area contributed by atoms with Gasteiger partial charge in [0.15, 0.2) is 11.6 Å². The molecular formula is C14H20N4O2S. The average molecular weight is 308 g/mol. The number of aromatic nitrogens is 2. The van der Waals surface area contributed by atoms with Crippen molar-refractivity contribution in [2.24, 2.45) is 5.84 Å². The van der Waals surface area contributed by atoms with Crippen molar-refractivity contribution in [1.29, 1.82) is 0 Å². The number of nitrogens with one attached hydrogen (secondary N) is 1. The lowest BCUT2D eigenvalue weighted by Gasteiger charge is -2.31. The predicted octanol–water partition coefficient (Wildman–Crippen LogP) is 2.45. The molecule has 0 aromatic carbocycles.